The lowest BCUT2D eigenvalue weighted by Crippen LogP contribution is -2.61. The van der Waals surface area contributed by atoms with E-state index in [1.165, 1.54) is 24.5 Å². The van der Waals surface area contributed by atoms with Crippen LogP contribution in [0.1, 0.15) is 25.0 Å². The van der Waals surface area contributed by atoms with Gasteiger partial charge >= 0.3 is 6.03 Å². The van der Waals surface area contributed by atoms with E-state index in [0.717, 1.165) is 4.90 Å². The fourth-order valence-electron chi connectivity index (χ4n) is 3.59. The zero-order valence-electron chi connectivity index (χ0n) is 15.9. The second-order valence-corrected chi connectivity index (χ2v) is 7.12. The summed E-state index contributed by atoms with van der Waals surface area (Å²) < 4.78 is 0. The molecule has 1 aromatic heterocycles. The smallest absolute Gasteiger partial charge is 0.324 e. The molecule has 3 rings (SSSR count). The first-order valence-corrected chi connectivity index (χ1v) is 9.22. The van der Waals surface area contributed by atoms with Gasteiger partial charge in [0.1, 0.15) is 18.1 Å². The number of aromatic amines is 1. The maximum Gasteiger partial charge on any atom is 0.324 e. The number of imidazole rings is 1. The van der Waals surface area contributed by atoms with E-state index >= 15 is 0 Å². The van der Waals surface area contributed by atoms with Crippen molar-refractivity contribution in [3.8, 4) is 0 Å². The van der Waals surface area contributed by atoms with Gasteiger partial charge in [-0.3, -0.25) is 24.5 Å². The van der Waals surface area contributed by atoms with Gasteiger partial charge in [0.15, 0.2) is 0 Å². The molecule has 0 radical (unpaired) electrons. The van der Waals surface area contributed by atoms with E-state index in [1.54, 1.807) is 0 Å². The van der Waals surface area contributed by atoms with Gasteiger partial charge in [0.25, 0.3) is 0 Å². The molecule has 3 atom stereocenters. The van der Waals surface area contributed by atoms with Crippen molar-refractivity contribution in [1.29, 1.82) is 0 Å². The largest absolute Gasteiger partial charge is 0.368 e. The summed E-state index contributed by atoms with van der Waals surface area (Å²) in [6.07, 6.45) is 3.94. The number of hydrogen-bond acceptors (Lipinski definition) is 6. The zero-order chi connectivity index (χ0) is 21.1. The number of likely N-dealkylation sites (N-methyl/N-ethyl adjacent to an activating group) is 1. The molecule has 0 bridgehead atoms. The minimum atomic E-state index is -1.04. The molecule has 156 valence electrons. The highest BCUT2D eigenvalue weighted by Gasteiger charge is 2.40. The predicted molar refractivity (Wildman–Crippen MR) is 97.9 cm³/mol. The minimum Gasteiger partial charge on any atom is -0.368 e. The molecule has 2 saturated heterocycles. The van der Waals surface area contributed by atoms with Gasteiger partial charge in [-0.15, -0.1) is 0 Å². The second-order valence-electron chi connectivity index (χ2n) is 7.12. The van der Waals surface area contributed by atoms with E-state index in [4.69, 9.17) is 5.73 Å². The van der Waals surface area contributed by atoms with Gasteiger partial charge < -0.3 is 25.8 Å². The molecule has 2 fully saturated rings. The topological polar surface area (TPSA) is 171 Å². The molecule has 0 spiro atoms. The molecule has 29 heavy (non-hydrogen) atoms. The Morgan fingerprint density at radius 2 is 2.10 bits per heavy atom. The van der Waals surface area contributed by atoms with E-state index in [0.29, 0.717) is 25.1 Å². The third-order valence-electron chi connectivity index (χ3n) is 5.17. The Kier molecular flexibility index (Phi) is 5.80. The number of carbonyl (C=O) groups excluding carboxylic acids is 5. The lowest BCUT2D eigenvalue weighted by molar-refractivity contribution is -0.141. The summed E-state index contributed by atoms with van der Waals surface area (Å²) in [7, 11) is 1.39. The summed E-state index contributed by atoms with van der Waals surface area (Å²) in [5.74, 6) is -2.26. The number of rotatable bonds is 6. The quantitative estimate of drug-likeness (QED) is 0.420. The number of nitrogens with zero attached hydrogens (tertiary/aromatic N) is 3. The van der Waals surface area contributed by atoms with E-state index in [9.17, 15) is 24.0 Å². The number of primary amides is 1. The van der Waals surface area contributed by atoms with Crippen molar-refractivity contribution >= 4 is 29.7 Å². The van der Waals surface area contributed by atoms with Gasteiger partial charge in [0.05, 0.1) is 12.7 Å². The number of urea groups is 1. The molecule has 12 heteroatoms. The lowest BCUT2D eigenvalue weighted by Gasteiger charge is -2.33. The van der Waals surface area contributed by atoms with Crippen LogP contribution >= 0.6 is 0 Å². The predicted octanol–water partition coefficient (Wildman–Crippen LogP) is -2.15. The monoisotopic (exact) mass is 405 g/mol. The third kappa shape index (κ3) is 4.36. The number of likely N-dealkylation sites (tertiary alicyclic amines) is 1. The Bertz CT molecular complexity index is 824. The summed E-state index contributed by atoms with van der Waals surface area (Å²) in [6, 6.07) is -3.48. The fourth-order valence-corrected chi connectivity index (χ4v) is 3.59. The van der Waals surface area contributed by atoms with Gasteiger partial charge in [-0.25, -0.2) is 9.78 Å². The van der Waals surface area contributed by atoms with Gasteiger partial charge in [0, 0.05) is 31.9 Å². The molecule has 3 heterocycles. The SMILES string of the molecule is CN1C(=O)NC(=O)C[C@H]1C(=O)N[C@H](Cc1cnc[nH]1)C(=O)N1CCC[C@@H]1C(N)=O. The maximum absolute atomic E-state index is 13.1. The van der Waals surface area contributed by atoms with Crippen LogP contribution < -0.4 is 16.4 Å². The highest BCUT2D eigenvalue weighted by atomic mass is 16.2. The van der Waals surface area contributed by atoms with E-state index in [2.05, 4.69) is 20.6 Å². The van der Waals surface area contributed by atoms with Crippen LogP contribution in [0, 0.1) is 0 Å². The Balaban J connectivity index is 1.79. The number of carbonyl (C=O) groups is 5. The van der Waals surface area contributed by atoms with Gasteiger partial charge in [-0.1, -0.05) is 0 Å². The first kappa shape index (κ1) is 20.3. The number of hydrogen-bond donors (Lipinski definition) is 4. The van der Waals surface area contributed by atoms with E-state index in [1.807, 2.05) is 0 Å². The summed E-state index contributed by atoms with van der Waals surface area (Å²) in [5.41, 5.74) is 6.01. The molecular formula is C17H23N7O5. The lowest BCUT2D eigenvalue weighted by atomic mass is 10.1. The van der Waals surface area contributed by atoms with Crippen LogP contribution in [0.5, 0.6) is 0 Å². The molecule has 1 aromatic rings. The number of nitrogens with two attached hydrogens (primary N) is 1. The van der Waals surface area contributed by atoms with Crippen LogP contribution in [0.25, 0.3) is 0 Å². The van der Waals surface area contributed by atoms with Crippen molar-refractivity contribution in [2.45, 2.75) is 43.8 Å². The molecule has 12 nitrogen and oxygen atoms in total. The van der Waals surface area contributed by atoms with Crippen LogP contribution in [-0.2, 0) is 25.6 Å². The average Bonchev–Trinajstić information content (AvgIpc) is 3.35. The Hall–Kier alpha value is -3.44. The number of amides is 6. The summed E-state index contributed by atoms with van der Waals surface area (Å²) in [4.78, 5) is 70.3. The zero-order valence-corrected chi connectivity index (χ0v) is 15.9. The number of H-pyrrole nitrogens is 1. The van der Waals surface area contributed by atoms with Crippen molar-refractivity contribution < 1.29 is 24.0 Å². The number of aromatic nitrogens is 2. The summed E-state index contributed by atoms with van der Waals surface area (Å²) in [5, 5.41) is 4.75. The summed E-state index contributed by atoms with van der Waals surface area (Å²) >= 11 is 0. The molecular weight excluding hydrogens is 382 g/mol. The van der Waals surface area contributed by atoms with Crippen LogP contribution in [-0.4, -0.2) is 81.1 Å². The molecule has 5 N–H and O–H groups in total. The standard InChI is InChI=1S/C17H23N7O5/c1-23-12(6-13(25)22-17(23)29)15(27)21-10(5-9-7-19-8-20-9)16(28)24-4-2-3-11(24)14(18)26/h7-8,10-12H,2-6H2,1H3,(H2,18,26)(H,19,20)(H,21,27)(H,22,25,29)/t10-,11-,12+/m1/s1. The number of imide groups is 1. The Labute approximate surface area is 166 Å². The third-order valence-corrected chi connectivity index (χ3v) is 5.17. The molecule has 0 aliphatic carbocycles. The van der Waals surface area contributed by atoms with Crippen molar-refractivity contribution in [2.24, 2.45) is 5.73 Å². The normalized spacial score (nSPS) is 22.9. The summed E-state index contributed by atoms with van der Waals surface area (Å²) in [6.45, 7) is 0.353. The molecule has 0 aromatic carbocycles. The highest BCUT2D eigenvalue weighted by molar-refractivity contribution is 6.03. The Morgan fingerprint density at radius 1 is 1.34 bits per heavy atom. The maximum atomic E-state index is 13.1. The van der Waals surface area contributed by atoms with Crippen molar-refractivity contribution in [3.63, 3.8) is 0 Å². The Morgan fingerprint density at radius 3 is 2.76 bits per heavy atom. The first-order chi connectivity index (χ1) is 13.8. The number of nitrogens with one attached hydrogen (secondary N) is 3. The molecule has 0 unspecified atom stereocenters. The minimum absolute atomic E-state index is 0.100. The van der Waals surface area contributed by atoms with Crippen LogP contribution in [0.4, 0.5) is 4.79 Å². The van der Waals surface area contributed by atoms with Crippen LogP contribution in [0.15, 0.2) is 12.5 Å². The van der Waals surface area contributed by atoms with Gasteiger partial charge in [0.2, 0.25) is 23.6 Å². The highest BCUT2D eigenvalue weighted by Crippen LogP contribution is 2.19. The van der Waals surface area contributed by atoms with Gasteiger partial charge in [-0.05, 0) is 12.8 Å². The van der Waals surface area contributed by atoms with Crippen molar-refractivity contribution in [3.05, 3.63) is 18.2 Å². The molecule has 6 amide bonds. The van der Waals surface area contributed by atoms with E-state index < -0.39 is 47.8 Å². The van der Waals surface area contributed by atoms with Crippen molar-refractivity contribution in [2.75, 3.05) is 13.6 Å². The fraction of sp³-hybridized carbons (Fsp3) is 0.529. The molecule has 2 aliphatic rings. The van der Waals surface area contributed by atoms with Crippen LogP contribution in [0.3, 0.4) is 0 Å². The molecule has 2 aliphatic heterocycles. The van der Waals surface area contributed by atoms with Gasteiger partial charge in [-0.2, -0.15) is 0 Å². The molecule has 0 saturated carbocycles. The second kappa shape index (κ2) is 8.29. The first-order valence-electron chi connectivity index (χ1n) is 9.22. The van der Waals surface area contributed by atoms with E-state index in [-0.39, 0.29) is 12.8 Å². The van der Waals surface area contributed by atoms with Crippen LogP contribution in [0.2, 0.25) is 0 Å². The average molecular weight is 405 g/mol. The van der Waals surface area contributed by atoms with Crippen molar-refractivity contribution in [1.82, 2.24) is 30.4 Å².